The number of aromatic nitrogens is 2. The van der Waals surface area contributed by atoms with Gasteiger partial charge < -0.3 is 5.73 Å². The highest BCUT2D eigenvalue weighted by Gasteiger charge is 2.05. The van der Waals surface area contributed by atoms with Crippen LogP contribution < -0.4 is 5.73 Å². The van der Waals surface area contributed by atoms with Crippen LogP contribution >= 0.6 is 34.9 Å². The molecule has 1 aromatic carbocycles. The van der Waals surface area contributed by atoms with Crippen LogP contribution in [0.15, 0.2) is 32.9 Å². The summed E-state index contributed by atoms with van der Waals surface area (Å²) in [6.45, 7) is 0. The molecule has 18 heavy (non-hydrogen) atoms. The molecule has 0 saturated heterocycles. The molecular weight excluding hydrogens is 286 g/mol. The fourth-order valence-corrected chi connectivity index (χ4v) is 3.64. The Morgan fingerprint density at radius 2 is 1.94 bits per heavy atom. The monoisotopic (exact) mass is 297 g/mol. The van der Waals surface area contributed by atoms with Crippen LogP contribution in [0, 0.1) is 0 Å². The summed E-state index contributed by atoms with van der Waals surface area (Å²) in [6, 6.07) is 7.30. The largest absolute Gasteiger partial charge is 0.366 e. The zero-order valence-electron chi connectivity index (χ0n) is 9.62. The van der Waals surface area contributed by atoms with Crippen LogP contribution in [0.4, 0.5) is 0 Å². The average Bonchev–Trinajstić information content (AvgIpc) is 2.85. The normalized spacial score (nSPS) is 10.5. The van der Waals surface area contributed by atoms with Gasteiger partial charge in [-0.25, -0.2) is 0 Å². The number of primary amides is 1. The summed E-state index contributed by atoms with van der Waals surface area (Å²) in [5, 5.41) is 8.12. The number of hydrogen-bond acceptors (Lipinski definition) is 6. The van der Waals surface area contributed by atoms with E-state index < -0.39 is 5.91 Å². The maximum Gasteiger partial charge on any atom is 0.248 e. The van der Waals surface area contributed by atoms with Crippen molar-refractivity contribution in [1.82, 2.24) is 10.2 Å². The summed E-state index contributed by atoms with van der Waals surface area (Å²) in [5.74, 6) is 0.408. The second-order valence-corrected chi connectivity index (χ2v) is 6.64. The lowest BCUT2D eigenvalue weighted by atomic mass is 10.1. The predicted molar refractivity (Wildman–Crippen MR) is 76.2 cm³/mol. The van der Waals surface area contributed by atoms with E-state index in [1.807, 2.05) is 18.4 Å². The lowest BCUT2D eigenvalue weighted by Gasteiger charge is -2.00. The van der Waals surface area contributed by atoms with Crippen molar-refractivity contribution in [2.75, 3.05) is 6.26 Å². The third-order valence-electron chi connectivity index (χ3n) is 2.16. The summed E-state index contributed by atoms with van der Waals surface area (Å²) in [4.78, 5) is 10.9. The Balaban J connectivity index is 1.95. The zero-order chi connectivity index (χ0) is 13.0. The number of thioether (sulfide) groups is 2. The van der Waals surface area contributed by atoms with Gasteiger partial charge in [-0.2, -0.15) is 0 Å². The van der Waals surface area contributed by atoms with Crippen molar-refractivity contribution in [3.05, 3.63) is 35.4 Å². The Morgan fingerprint density at radius 3 is 2.50 bits per heavy atom. The van der Waals surface area contributed by atoms with Crippen molar-refractivity contribution in [1.29, 1.82) is 0 Å². The lowest BCUT2D eigenvalue weighted by molar-refractivity contribution is 0.100. The van der Waals surface area contributed by atoms with E-state index >= 15 is 0 Å². The molecule has 0 spiro atoms. The lowest BCUT2D eigenvalue weighted by Crippen LogP contribution is -2.10. The van der Waals surface area contributed by atoms with Gasteiger partial charge in [-0.3, -0.25) is 4.79 Å². The molecule has 0 aliphatic heterocycles. The number of nitrogens with two attached hydrogens (primary N) is 1. The Kier molecular flexibility index (Phi) is 4.62. The highest BCUT2D eigenvalue weighted by molar-refractivity contribution is 8.02. The number of benzene rings is 1. The molecular formula is C11H11N3OS3. The van der Waals surface area contributed by atoms with Crippen LogP contribution in [0.3, 0.4) is 0 Å². The summed E-state index contributed by atoms with van der Waals surface area (Å²) in [6.07, 6.45) is 1.98. The minimum atomic E-state index is -0.400. The van der Waals surface area contributed by atoms with Gasteiger partial charge in [-0.05, 0) is 24.0 Å². The van der Waals surface area contributed by atoms with Gasteiger partial charge in [0.05, 0.1) is 0 Å². The predicted octanol–water partition coefficient (Wildman–Crippen LogP) is 2.65. The van der Waals surface area contributed by atoms with Crippen molar-refractivity contribution in [3.8, 4) is 0 Å². The van der Waals surface area contributed by atoms with Gasteiger partial charge in [0.15, 0.2) is 8.68 Å². The van der Waals surface area contributed by atoms with E-state index in [4.69, 9.17) is 5.73 Å². The zero-order valence-corrected chi connectivity index (χ0v) is 12.1. The number of nitrogens with zero attached hydrogens (tertiary/aromatic N) is 2. The molecule has 0 aliphatic rings. The standard InChI is InChI=1S/C11H11N3OS3/c1-16-10-13-14-11(18-10)17-6-7-2-4-8(5-3-7)9(12)15/h2-5H,6H2,1H3,(H2,12,15). The van der Waals surface area contributed by atoms with Crippen LogP contribution in [-0.4, -0.2) is 22.4 Å². The summed E-state index contributed by atoms with van der Waals surface area (Å²) in [5.41, 5.74) is 6.85. The number of hydrogen-bond donors (Lipinski definition) is 1. The van der Waals surface area contributed by atoms with Gasteiger partial charge in [0.25, 0.3) is 0 Å². The summed E-state index contributed by atoms with van der Waals surface area (Å²) in [7, 11) is 0. The molecule has 0 bridgehead atoms. The number of amides is 1. The van der Waals surface area contributed by atoms with Crippen LogP contribution in [0.25, 0.3) is 0 Å². The second kappa shape index (κ2) is 6.21. The highest BCUT2D eigenvalue weighted by Crippen LogP contribution is 2.29. The minimum absolute atomic E-state index is 0.400. The van der Waals surface area contributed by atoms with Crippen molar-refractivity contribution in [3.63, 3.8) is 0 Å². The topological polar surface area (TPSA) is 68.9 Å². The van der Waals surface area contributed by atoms with Crippen LogP contribution in [0.5, 0.6) is 0 Å². The van der Waals surface area contributed by atoms with Gasteiger partial charge in [-0.1, -0.05) is 47.0 Å². The molecule has 0 atom stereocenters. The quantitative estimate of drug-likeness (QED) is 0.859. The highest BCUT2D eigenvalue weighted by atomic mass is 32.2. The molecule has 0 radical (unpaired) electrons. The first-order valence-corrected chi connectivity index (χ1v) is 8.11. The molecule has 2 aromatic rings. The molecule has 2 rings (SSSR count). The molecule has 0 unspecified atom stereocenters. The van der Waals surface area contributed by atoms with E-state index in [-0.39, 0.29) is 0 Å². The molecule has 0 aliphatic carbocycles. The van der Waals surface area contributed by atoms with Gasteiger partial charge in [0.1, 0.15) is 0 Å². The van der Waals surface area contributed by atoms with Crippen LogP contribution in [0.1, 0.15) is 15.9 Å². The SMILES string of the molecule is CSc1nnc(SCc2ccc(C(N)=O)cc2)s1. The molecule has 4 nitrogen and oxygen atoms in total. The van der Waals surface area contributed by atoms with E-state index in [9.17, 15) is 4.79 Å². The second-order valence-electron chi connectivity index (χ2n) is 3.39. The Labute approximate surface area is 117 Å². The summed E-state index contributed by atoms with van der Waals surface area (Å²) < 4.78 is 1.93. The fourth-order valence-electron chi connectivity index (χ4n) is 1.25. The Morgan fingerprint density at radius 1 is 1.28 bits per heavy atom. The van der Waals surface area contributed by atoms with Gasteiger partial charge in [0.2, 0.25) is 5.91 Å². The van der Waals surface area contributed by atoms with Crippen molar-refractivity contribution in [2.45, 2.75) is 14.4 Å². The van der Waals surface area contributed by atoms with Crippen molar-refractivity contribution in [2.24, 2.45) is 5.73 Å². The molecule has 7 heteroatoms. The van der Waals surface area contributed by atoms with Crippen molar-refractivity contribution < 1.29 is 4.79 Å². The van der Waals surface area contributed by atoms with Gasteiger partial charge in [0, 0.05) is 11.3 Å². The van der Waals surface area contributed by atoms with Gasteiger partial charge >= 0.3 is 0 Å². The van der Waals surface area contributed by atoms with E-state index in [0.29, 0.717) is 5.56 Å². The first-order chi connectivity index (χ1) is 8.69. The van der Waals surface area contributed by atoms with E-state index in [0.717, 1.165) is 20.0 Å². The maximum absolute atomic E-state index is 10.9. The molecule has 94 valence electrons. The number of carbonyl (C=O) groups is 1. The first kappa shape index (κ1) is 13.4. The molecule has 2 N–H and O–H groups in total. The summed E-state index contributed by atoms with van der Waals surface area (Å²) >= 11 is 4.83. The molecule has 0 fully saturated rings. The van der Waals surface area contributed by atoms with E-state index in [1.54, 1.807) is 47.0 Å². The van der Waals surface area contributed by atoms with Crippen LogP contribution in [-0.2, 0) is 5.75 Å². The minimum Gasteiger partial charge on any atom is -0.366 e. The maximum atomic E-state index is 10.9. The molecule has 0 saturated carbocycles. The average molecular weight is 297 g/mol. The first-order valence-electron chi connectivity index (χ1n) is 5.08. The molecule has 1 amide bonds. The third-order valence-corrected chi connectivity index (χ3v) is 5.27. The smallest absolute Gasteiger partial charge is 0.248 e. The molecule has 1 heterocycles. The third kappa shape index (κ3) is 3.47. The Hall–Kier alpha value is -1.05. The fraction of sp³-hybridized carbons (Fsp3) is 0.182. The number of rotatable bonds is 5. The van der Waals surface area contributed by atoms with E-state index in [2.05, 4.69) is 10.2 Å². The van der Waals surface area contributed by atoms with Gasteiger partial charge in [-0.15, -0.1) is 10.2 Å². The molecule has 1 aromatic heterocycles. The number of carbonyl (C=O) groups excluding carboxylic acids is 1. The van der Waals surface area contributed by atoms with E-state index in [1.165, 1.54) is 0 Å². The van der Waals surface area contributed by atoms with Crippen LogP contribution in [0.2, 0.25) is 0 Å². The van der Waals surface area contributed by atoms with Crippen molar-refractivity contribution >= 4 is 40.8 Å². The Bertz CT molecular complexity index is 539.